The van der Waals surface area contributed by atoms with Gasteiger partial charge in [0, 0.05) is 12.6 Å². The lowest BCUT2D eigenvalue weighted by atomic mass is 10.1. The third-order valence-corrected chi connectivity index (χ3v) is 4.20. The fourth-order valence-electron chi connectivity index (χ4n) is 2.79. The van der Waals surface area contributed by atoms with Crippen molar-refractivity contribution in [1.82, 2.24) is 5.32 Å². The quantitative estimate of drug-likeness (QED) is 0.639. The minimum absolute atomic E-state index is 0.713. The molecule has 1 aromatic rings. The van der Waals surface area contributed by atoms with E-state index in [4.69, 9.17) is 4.74 Å². The van der Waals surface area contributed by atoms with Crippen LogP contribution in [0.25, 0.3) is 0 Å². The molecule has 1 N–H and O–H groups in total. The van der Waals surface area contributed by atoms with Crippen molar-refractivity contribution in [2.45, 2.75) is 58.4 Å². The highest BCUT2D eigenvalue weighted by molar-refractivity contribution is 5.38. The van der Waals surface area contributed by atoms with Crippen molar-refractivity contribution in [2.24, 2.45) is 0 Å². The number of benzene rings is 1. The first kappa shape index (κ1) is 14.4. The lowest BCUT2D eigenvalue weighted by Crippen LogP contribution is -2.32. The van der Waals surface area contributed by atoms with Crippen molar-refractivity contribution in [2.75, 3.05) is 13.2 Å². The molecule has 0 aromatic heterocycles. The van der Waals surface area contributed by atoms with Crippen LogP contribution in [0.2, 0.25) is 0 Å². The van der Waals surface area contributed by atoms with Crippen molar-refractivity contribution in [3.63, 3.8) is 0 Å². The Bertz CT molecular complexity index is 381. The standard InChI is InChI=1S/C17H27NO/c1-14-8-7-11-17(15(14)2)19-13-12-18-16-9-5-3-4-6-10-16/h7-8,11,16,18H,3-6,9-10,12-13H2,1-2H3. The fraction of sp³-hybridized carbons (Fsp3) is 0.647. The zero-order valence-electron chi connectivity index (χ0n) is 12.4. The molecule has 1 aliphatic carbocycles. The highest BCUT2D eigenvalue weighted by Gasteiger charge is 2.11. The van der Waals surface area contributed by atoms with Crippen LogP contribution in [0.3, 0.4) is 0 Å². The fourth-order valence-corrected chi connectivity index (χ4v) is 2.79. The maximum absolute atomic E-state index is 5.88. The molecule has 1 aliphatic rings. The lowest BCUT2D eigenvalue weighted by Gasteiger charge is -2.17. The van der Waals surface area contributed by atoms with Crippen LogP contribution in [0.4, 0.5) is 0 Å². The normalized spacial score (nSPS) is 17.2. The van der Waals surface area contributed by atoms with Crippen LogP contribution in [-0.4, -0.2) is 19.2 Å². The first-order valence-electron chi connectivity index (χ1n) is 7.70. The van der Waals surface area contributed by atoms with E-state index in [0.717, 1.165) is 18.9 Å². The minimum Gasteiger partial charge on any atom is -0.492 e. The first-order valence-corrected chi connectivity index (χ1v) is 7.70. The van der Waals surface area contributed by atoms with E-state index < -0.39 is 0 Å². The Balaban J connectivity index is 1.70. The SMILES string of the molecule is Cc1cccc(OCCNC2CCCCCC2)c1C. The molecule has 0 bridgehead atoms. The molecule has 1 aromatic carbocycles. The van der Waals surface area contributed by atoms with Gasteiger partial charge in [0.2, 0.25) is 0 Å². The average molecular weight is 261 g/mol. The van der Waals surface area contributed by atoms with Crippen LogP contribution in [0.15, 0.2) is 18.2 Å². The molecule has 0 spiro atoms. The van der Waals surface area contributed by atoms with E-state index in [9.17, 15) is 0 Å². The van der Waals surface area contributed by atoms with E-state index in [1.165, 1.54) is 49.7 Å². The van der Waals surface area contributed by atoms with Crippen molar-refractivity contribution >= 4 is 0 Å². The van der Waals surface area contributed by atoms with Gasteiger partial charge in [-0.25, -0.2) is 0 Å². The van der Waals surface area contributed by atoms with Gasteiger partial charge in [-0.15, -0.1) is 0 Å². The van der Waals surface area contributed by atoms with Gasteiger partial charge in [0.1, 0.15) is 12.4 Å². The Labute approximate surface area is 117 Å². The highest BCUT2D eigenvalue weighted by Crippen LogP contribution is 2.20. The van der Waals surface area contributed by atoms with Crippen LogP contribution >= 0.6 is 0 Å². The zero-order chi connectivity index (χ0) is 13.5. The predicted octanol–water partition coefficient (Wildman–Crippen LogP) is 3.99. The number of rotatable bonds is 5. The summed E-state index contributed by atoms with van der Waals surface area (Å²) in [5, 5.41) is 3.64. The molecule has 19 heavy (non-hydrogen) atoms. The smallest absolute Gasteiger partial charge is 0.122 e. The summed E-state index contributed by atoms with van der Waals surface area (Å²) in [5.41, 5.74) is 2.56. The largest absolute Gasteiger partial charge is 0.492 e. The molecular formula is C17H27NO. The molecule has 0 saturated heterocycles. The van der Waals surface area contributed by atoms with Gasteiger partial charge >= 0.3 is 0 Å². The summed E-state index contributed by atoms with van der Waals surface area (Å²) in [5.74, 6) is 1.03. The predicted molar refractivity (Wildman–Crippen MR) is 80.9 cm³/mol. The first-order chi connectivity index (χ1) is 9.27. The Hall–Kier alpha value is -1.02. The van der Waals surface area contributed by atoms with Gasteiger partial charge in [-0.1, -0.05) is 37.8 Å². The molecule has 2 heteroatoms. The monoisotopic (exact) mass is 261 g/mol. The van der Waals surface area contributed by atoms with Crippen LogP contribution < -0.4 is 10.1 Å². The van der Waals surface area contributed by atoms with Gasteiger partial charge in [-0.05, 0) is 43.9 Å². The average Bonchev–Trinajstić information content (AvgIpc) is 2.68. The minimum atomic E-state index is 0.713. The van der Waals surface area contributed by atoms with Gasteiger partial charge in [0.05, 0.1) is 0 Å². The van der Waals surface area contributed by atoms with Crippen LogP contribution in [0, 0.1) is 13.8 Å². The molecule has 106 valence electrons. The van der Waals surface area contributed by atoms with E-state index in [1.54, 1.807) is 0 Å². The maximum Gasteiger partial charge on any atom is 0.122 e. The second kappa shape index (κ2) is 7.54. The second-order valence-electron chi connectivity index (χ2n) is 5.69. The molecule has 2 nitrogen and oxygen atoms in total. The third-order valence-electron chi connectivity index (χ3n) is 4.20. The van der Waals surface area contributed by atoms with E-state index in [2.05, 4.69) is 37.4 Å². The molecule has 0 unspecified atom stereocenters. The molecule has 0 aliphatic heterocycles. The molecule has 0 atom stereocenters. The maximum atomic E-state index is 5.88. The van der Waals surface area contributed by atoms with E-state index in [0.29, 0.717) is 6.04 Å². The van der Waals surface area contributed by atoms with Gasteiger partial charge in [-0.2, -0.15) is 0 Å². The zero-order valence-corrected chi connectivity index (χ0v) is 12.4. The lowest BCUT2D eigenvalue weighted by molar-refractivity contribution is 0.298. The molecule has 0 radical (unpaired) electrons. The molecule has 2 rings (SSSR count). The Morgan fingerprint density at radius 1 is 1.11 bits per heavy atom. The van der Waals surface area contributed by atoms with E-state index in [1.807, 2.05) is 0 Å². The Kier molecular flexibility index (Phi) is 5.71. The third kappa shape index (κ3) is 4.54. The van der Waals surface area contributed by atoms with Gasteiger partial charge in [0.25, 0.3) is 0 Å². The van der Waals surface area contributed by atoms with Gasteiger partial charge < -0.3 is 10.1 Å². The molecular weight excluding hydrogens is 234 g/mol. The van der Waals surface area contributed by atoms with Crippen molar-refractivity contribution < 1.29 is 4.74 Å². The summed E-state index contributed by atoms with van der Waals surface area (Å²) in [6, 6.07) is 6.97. The number of aryl methyl sites for hydroxylation is 1. The summed E-state index contributed by atoms with van der Waals surface area (Å²) in [7, 11) is 0. The van der Waals surface area contributed by atoms with Crippen LogP contribution in [0.5, 0.6) is 5.75 Å². The van der Waals surface area contributed by atoms with Gasteiger partial charge in [0.15, 0.2) is 0 Å². The van der Waals surface area contributed by atoms with E-state index >= 15 is 0 Å². The number of hydrogen-bond acceptors (Lipinski definition) is 2. The molecule has 0 amide bonds. The number of hydrogen-bond donors (Lipinski definition) is 1. The van der Waals surface area contributed by atoms with Gasteiger partial charge in [-0.3, -0.25) is 0 Å². The van der Waals surface area contributed by atoms with Crippen molar-refractivity contribution in [3.05, 3.63) is 29.3 Å². The summed E-state index contributed by atoms with van der Waals surface area (Å²) in [4.78, 5) is 0. The van der Waals surface area contributed by atoms with Crippen LogP contribution in [-0.2, 0) is 0 Å². The highest BCUT2D eigenvalue weighted by atomic mass is 16.5. The van der Waals surface area contributed by atoms with E-state index in [-0.39, 0.29) is 0 Å². The van der Waals surface area contributed by atoms with Crippen molar-refractivity contribution in [3.8, 4) is 5.75 Å². The molecule has 0 heterocycles. The van der Waals surface area contributed by atoms with Crippen LogP contribution in [0.1, 0.15) is 49.7 Å². The number of ether oxygens (including phenoxy) is 1. The second-order valence-corrected chi connectivity index (χ2v) is 5.69. The summed E-state index contributed by atoms with van der Waals surface area (Å²) in [6.45, 7) is 5.98. The van der Waals surface area contributed by atoms with Crippen molar-refractivity contribution in [1.29, 1.82) is 0 Å². The Morgan fingerprint density at radius 3 is 2.58 bits per heavy atom. The molecule has 1 fully saturated rings. The summed E-state index contributed by atoms with van der Waals surface area (Å²) in [6.07, 6.45) is 8.27. The molecule has 1 saturated carbocycles. The Morgan fingerprint density at radius 2 is 1.84 bits per heavy atom. The number of nitrogens with one attached hydrogen (secondary N) is 1. The topological polar surface area (TPSA) is 21.3 Å². The summed E-state index contributed by atoms with van der Waals surface area (Å²) >= 11 is 0. The summed E-state index contributed by atoms with van der Waals surface area (Å²) < 4.78 is 5.88.